The Hall–Kier alpha value is -0.730. The van der Waals surface area contributed by atoms with Crippen molar-refractivity contribution in [3.63, 3.8) is 0 Å². The minimum Gasteiger partial charge on any atom is -0.457 e. The fourth-order valence-corrected chi connectivity index (χ4v) is 4.67. The van der Waals surface area contributed by atoms with Gasteiger partial charge in [0.2, 0.25) is 0 Å². The number of hydrogen-bond acceptors (Lipinski definition) is 5. The molecule has 0 saturated heterocycles. The molecule has 5 nitrogen and oxygen atoms in total. The van der Waals surface area contributed by atoms with Gasteiger partial charge in [-0.05, 0) is 41.8 Å². The van der Waals surface area contributed by atoms with Gasteiger partial charge in [0.1, 0.15) is 11.9 Å². The number of ketones is 1. The van der Waals surface area contributed by atoms with Gasteiger partial charge in [0, 0.05) is 26.6 Å². The first-order valence-electron chi connectivity index (χ1n) is 10.8. The summed E-state index contributed by atoms with van der Waals surface area (Å²) in [6.45, 7) is 9.74. The largest absolute Gasteiger partial charge is 0.457 e. The molecule has 0 aromatic heterocycles. The van der Waals surface area contributed by atoms with Gasteiger partial charge in [0.05, 0.1) is 24.0 Å². The number of Topliss-reactive ketones (excluding diaryl/α,β-unsaturated/α-hetero) is 1. The highest BCUT2D eigenvalue weighted by molar-refractivity contribution is 14.1. The molecule has 30 heavy (non-hydrogen) atoms. The van der Waals surface area contributed by atoms with Crippen molar-refractivity contribution in [1.29, 1.82) is 0 Å². The van der Waals surface area contributed by atoms with Crippen molar-refractivity contribution < 1.29 is 23.8 Å². The maximum Gasteiger partial charge on any atom is 0.309 e. The van der Waals surface area contributed by atoms with Crippen molar-refractivity contribution in [1.82, 2.24) is 0 Å². The molecule has 0 aromatic carbocycles. The number of methoxy groups -OCH3 is 2. The summed E-state index contributed by atoms with van der Waals surface area (Å²) in [5, 5.41) is 0. The predicted molar refractivity (Wildman–Crippen MR) is 129 cm³/mol. The molecule has 0 aromatic rings. The van der Waals surface area contributed by atoms with Gasteiger partial charge in [-0.3, -0.25) is 9.59 Å². The number of hydrogen-bond donors (Lipinski definition) is 0. The number of carbonyl (C=O) groups excluding carboxylic acids is 2. The Kier molecular flexibility index (Phi) is 11.8. The third-order valence-electron chi connectivity index (χ3n) is 6.32. The van der Waals surface area contributed by atoms with Crippen molar-refractivity contribution in [2.24, 2.45) is 17.3 Å². The number of carbonyl (C=O) groups is 2. The minimum absolute atomic E-state index is 0.0316. The lowest BCUT2D eigenvalue weighted by Crippen LogP contribution is -2.47. The molecule has 0 N–H and O–H groups in total. The zero-order chi connectivity index (χ0) is 22.9. The SMILES string of the molecule is COC1C(C)CCC/C=C\CC(/C(C)=C/I)OC(=O)CC(OC)C(C)(C)C(=O)C1C. The van der Waals surface area contributed by atoms with Gasteiger partial charge in [-0.2, -0.15) is 0 Å². The van der Waals surface area contributed by atoms with Crippen LogP contribution in [0.4, 0.5) is 0 Å². The third kappa shape index (κ3) is 7.45. The zero-order valence-electron chi connectivity index (χ0n) is 19.6. The van der Waals surface area contributed by atoms with Gasteiger partial charge in [0.15, 0.2) is 0 Å². The molecule has 1 heterocycles. The van der Waals surface area contributed by atoms with E-state index < -0.39 is 11.5 Å². The number of allylic oxidation sites excluding steroid dienone is 1. The molecule has 1 rings (SSSR count). The van der Waals surface area contributed by atoms with Crippen molar-refractivity contribution >= 4 is 34.3 Å². The van der Waals surface area contributed by atoms with Crippen LogP contribution in [0.25, 0.3) is 0 Å². The number of halogens is 1. The van der Waals surface area contributed by atoms with Crippen molar-refractivity contribution in [3.05, 3.63) is 21.8 Å². The van der Waals surface area contributed by atoms with Crippen LogP contribution in [-0.2, 0) is 23.8 Å². The molecule has 0 fully saturated rings. The molecule has 0 saturated carbocycles. The molecule has 1 aliphatic heterocycles. The first-order chi connectivity index (χ1) is 14.1. The Bertz CT molecular complexity index is 625. The van der Waals surface area contributed by atoms with Crippen molar-refractivity contribution in [3.8, 4) is 0 Å². The monoisotopic (exact) mass is 534 g/mol. The average molecular weight is 534 g/mol. The molecule has 172 valence electrons. The van der Waals surface area contributed by atoms with E-state index in [9.17, 15) is 9.59 Å². The van der Waals surface area contributed by atoms with Crippen LogP contribution in [0.5, 0.6) is 0 Å². The fourth-order valence-electron chi connectivity index (χ4n) is 4.27. The van der Waals surface area contributed by atoms with E-state index in [4.69, 9.17) is 14.2 Å². The summed E-state index contributed by atoms with van der Waals surface area (Å²) in [5.41, 5.74) is 0.161. The maximum absolute atomic E-state index is 13.4. The smallest absolute Gasteiger partial charge is 0.309 e. The maximum atomic E-state index is 13.4. The normalized spacial score (nSPS) is 33.7. The van der Waals surface area contributed by atoms with Crippen molar-refractivity contribution in [2.45, 2.75) is 85.0 Å². The summed E-state index contributed by atoms with van der Waals surface area (Å²) in [5.74, 6) is -0.342. The van der Waals surface area contributed by atoms with Crippen LogP contribution in [0.15, 0.2) is 21.8 Å². The lowest BCUT2D eigenvalue weighted by molar-refractivity contribution is -0.156. The number of esters is 1. The molecule has 1 aliphatic rings. The van der Waals surface area contributed by atoms with Gasteiger partial charge >= 0.3 is 5.97 Å². The lowest BCUT2D eigenvalue weighted by Gasteiger charge is -2.37. The third-order valence-corrected chi connectivity index (χ3v) is 7.30. The van der Waals surface area contributed by atoms with Crippen LogP contribution in [0.2, 0.25) is 0 Å². The van der Waals surface area contributed by atoms with E-state index in [-0.39, 0.29) is 42.2 Å². The van der Waals surface area contributed by atoms with Crippen LogP contribution in [0, 0.1) is 17.3 Å². The summed E-state index contributed by atoms with van der Waals surface area (Å²) in [7, 11) is 3.22. The molecule has 5 unspecified atom stereocenters. The van der Waals surface area contributed by atoms with E-state index in [1.165, 1.54) is 0 Å². The molecule has 0 bridgehead atoms. The Morgan fingerprint density at radius 1 is 1.20 bits per heavy atom. The predicted octanol–water partition coefficient (Wildman–Crippen LogP) is 5.65. The molecule has 0 aliphatic carbocycles. The van der Waals surface area contributed by atoms with E-state index in [1.54, 1.807) is 14.2 Å². The highest BCUT2D eigenvalue weighted by atomic mass is 127. The highest BCUT2D eigenvalue weighted by Crippen LogP contribution is 2.34. The lowest BCUT2D eigenvalue weighted by atomic mass is 9.72. The van der Waals surface area contributed by atoms with Gasteiger partial charge in [-0.25, -0.2) is 0 Å². The van der Waals surface area contributed by atoms with E-state index in [1.807, 2.05) is 31.8 Å². The number of cyclic esters (lactones) is 1. The zero-order valence-corrected chi connectivity index (χ0v) is 21.7. The van der Waals surface area contributed by atoms with E-state index >= 15 is 0 Å². The Labute approximate surface area is 196 Å². The van der Waals surface area contributed by atoms with Crippen LogP contribution < -0.4 is 0 Å². The highest BCUT2D eigenvalue weighted by Gasteiger charge is 2.43. The molecule has 0 amide bonds. The average Bonchev–Trinajstić information content (AvgIpc) is 2.71. The second-order valence-corrected chi connectivity index (χ2v) is 9.57. The van der Waals surface area contributed by atoms with Crippen molar-refractivity contribution in [2.75, 3.05) is 14.2 Å². The second-order valence-electron chi connectivity index (χ2n) is 8.95. The van der Waals surface area contributed by atoms with Gasteiger partial charge in [-0.15, -0.1) is 0 Å². The fraction of sp³-hybridized carbons (Fsp3) is 0.750. The second kappa shape index (κ2) is 13.0. The van der Waals surface area contributed by atoms with Crippen LogP contribution in [0.1, 0.15) is 66.7 Å². The Morgan fingerprint density at radius 3 is 2.43 bits per heavy atom. The van der Waals surface area contributed by atoms with Crippen LogP contribution in [-0.4, -0.2) is 44.3 Å². The van der Waals surface area contributed by atoms with Gasteiger partial charge in [-0.1, -0.05) is 62.4 Å². The standard InChI is InChI=1S/C24H39IO5/c1-16-12-10-8-9-11-13-19(17(2)15-25)30-21(26)14-20(28-6)24(4,5)23(27)18(3)22(16)29-7/h9,11,15-16,18-20,22H,8,10,12-14H2,1-7H3/b11-9-,17-15+. The first-order valence-corrected chi connectivity index (χ1v) is 12.1. The summed E-state index contributed by atoms with van der Waals surface area (Å²) in [4.78, 5) is 26.2. The summed E-state index contributed by atoms with van der Waals surface area (Å²) in [6.07, 6.45) is 6.84. The topological polar surface area (TPSA) is 61.8 Å². The van der Waals surface area contributed by atoms with E-state index in [0.29, 0.717) is 6.42 Å². The quantitative estimate of drug-likeness (QED) is 0.266. The molecule has 5 atom stereocenters. The van der Waals surface area contributed by atoms with Crippen LogP contribution in [0.3, 0.4) is 0 Å². The van der Waals surface area contributed by atoms with Gasteiger partial charge in [0.25, 0.3) is 0 Å². The summed E-state index contributed by atoms with van der Waals surface area (Å²) >= 11 is 2.17. The minimum atomic E-state index is -0.843. The Balaban J connectivity index is 3.22. The molecule has 6 heteroatoms. The summed E-state index contributed by atoms with van der Waals surface area (Å²) < 4.78 is 19.1. The van der Waals surface area contributed by atoms with E-state index in [2.05, 4.69) is 41.7 Å². The molecular formula is C24H39IO5. The molecular weight excluding hydrogens is 495 g/mol. The Morgan fingerprint density at radius 2 is 1.87 bits per heavy atom. The van der Waals surface area contributed by atoms with E-state index in [0.717, 1.165) is 24.8 Å². The summed E-state index contributed by atoms with van der Waals surface area (Å²) in [6, 6.07) is 0. The molecule has 0 radical (unpaired) electrons. The molecule has 0 spiro atoms. The number of ether oxygens (including phenoxy) is 3. The number of rotatable bonds is 3. The first kappa shape index (κ1) is 27.3. The van der Waals surface area contributed by atoms with Crippen LogP contribution >= 0.6 is 22.6 Å². The van der Waals surface area contributed by atoms with Gasteiger partial charge < -0.3 is 14.2 Å².